The second-order valence-electron chi connectivity index (χ2n) is 3.86. The van der Waals surface area contributed by atoms with Gasteiger partial charge in [0.05, 0.1) is 12.9 Å². The summed E-state index contributed by atoms with van der Waals surface area (Å²) in [6.07, 6.45) is 0.152. The number of nitrogens with zero attached hydrogens (tertiary/aromatic N) is 4. The molecule has 0 saturated carbocycles. The Balaban J connectivity index is 2.10. The molecule has 2 aromatic rings. The average Bonchev–Trinajstić information content (AvgIpc) is 2.86. The van der Waals surface area contributed by atoms with Crippen LogP contribution < -0.4 is 5.73 Å². The highest BCUT2D eigenvalue weighted by molar-refractivity contribution is 5.81. The Morgan fingerprint density at radius 3 is 2.88 bits per heavy atom. The molecule has 0 radical (unpaired) electrons. The molecule has 3 rings (SSSR count). The smallest absolute Gasteiger partial charge is 0.167 e. The van der Waals surface area contributed by atoms with Crippen molar-refractivity contribution in [3.8, 4) is 0 Å². The van der Waals surface area contributed by atoms with Crippen LogP contribution in [0.15, 0.2) is 12.7 Å². The molecule has 0 unspecified atom stereocenters. The first-order chi connectivity index (χ1) is 8.18. The van der Waals surface area contributed by atoms with Crippen molar-refractivity contribution >= 4 is 17.0 Å². The maximum absolute atomic E-state index is 9.76. The van der Waals surface area contributed by atoms with Gasteiger partial charge in [-0.05, 0) is 0 Å². The lowest BCUT2D eigenvalue weighted by Gasteiger charge is -2.16. The lowest BCUT2D eigenvalue weighted by molar-refractivity contribution is -0.0162. The number of rotatable bonds is 1. The Hall–Kier alpha value is -1.77. The largest absolute Gasteiger partial charge is 0.388 e. The predicted molar refractivity (Wildman–Crippen MR) is 56.7 cm³/mol. The molecule has 17 heavy (non-hydrogen) atoms. The minimum Gasteiger partial charge on any atom is -0.388 e. The number of hydrogen-bond donors (Lipinski definition) is 3. The van der Waals surface area contributed by atoms with Crippen LogP contribution in [0.1, 0.15) is 6.23 Å². The fourth-order valence-corrected chi connectivity index (χ4v) is 1.89. The molecule has 0 aliphatic carbocycles. The fraction of sp³-hybridized carbons (Fsp3) is 0.444. The Morgan fingerprint density at radius 1 is 1.35 bits per heavy atom. The minimum atomic E-state index is -1.01. The van der Waals surface area contributed by atoms with E-state index in [-0.39, 0.29) is 12.4 Å². The Bertz CT molecular complexity index is 557. The number of ether oxygens (including phenoxy) is 1. The third-order valence-electron chi connectivity index (χ3n) is 2.79. The van der Waals surface area contributed by atoms with Crippen molar-refractivity contribution in [2.75, 3.05) is 12.3 Å². The highest BCUT2D eigenvalue weighted by atomic mass is 16.5. The van der Waals surface area contributed by atoms with Gasteiger partial charge >= 0.3 is 0 Å². The zero-order chi connectivity index (χ0) is 12.0. The summed E-state index contributed by atoms with van der Waals surface area (Å²) in [6, 6.07) is 0. The number of nitrogen functional groups attached to an aromatic ring is 1. The highest BCUT2D eigenvalue weighted by Crippen LogP contribution is 2.27. The quantitative estimate of drug-likeness (QED) is 0.561. The monoisotopic (exact) mass is 237 g/mol. The Morgan fingerprint density at radius 2 is 2.18 bits per heavy atom. The zero-order valence-corrected chi connectivity index (χ0v) is 8.76. The molecule has 0 amide bonds. The van der Waals surface area contributed by atoms with Gasteiger partial charge in [0.15, 0.2) is 17.7 Å². The number of aromatic nitrogens is 4. The summed E-state index contributed by atoms with van der Waals surface area (Å²) >= 11 is 0. The number of aliphatic hydroxyl groups is 2. The van der Waals surface area contributed by atoms with E-state index >= 15 is 0 Å². The molecule has 1 saturated heterocycles. The van der Waals surface area contributed by atoms with E-state index in [9.17, 15) is 10.2 Å². The van der Waals surface area contributed by atoms with Crippen LogP contribution in [-0.2, 0) is 4.74 Å². The van der Waals surface area contributed by atoms with Crippen molar-refractivity contribution in [3.63, 3.8) is 0 Å². The fourth-order valence-electron chi connectivity index (χ4n) is 1.89. The van der Waals surface area contributed by atoms with Crippen LogP contribution in [0, 0.1) is 0 Å². The summed E-state index contributed by atoms with van der Waals surface area (Å²) in [5, 5.41) is 19.2. The van der Waals surface area contributed by atoms with E-state index in [1.165, 1.54) is 17.2 Å². The van der Waals surface area contributed by atoms with Crippen LogP contribution in [0.4, 0.5) is 5.82 Å². The third-order valence-corrected chi connectivity index (χ3v) is 2.79. The van der Waals surface area contributed by atoms with E-state index in [0.29, 0.717) is 11.2 Å². The number of hydrogen-bond acceptors (Lipinski definition) is 7. The van der Waals surface area contributed by atoms with E-state index in [2.05, 4.69) is 15.0 Å². The molecule has 1 fully saturated rings. The molecule has 3 atom stereocenters. The molecule has 2 aromatic heterocycles. The molecular weight excluding hydrogens is 226 g/mol. The van der Waals surface area contributed by atoms with Gasteiger partial charge < -0.3 is 20.7 Å². The molecule has 1 aliphatic rings. The van der Waals surface area contributed by atoms with E-state index in [4.69, 9.17) is 10.5 Å². The van der Waals surface area contributed by atoms with Gasteiger partial charge in [-0.3, -0.25) is 4.57 Å². The molecule has 0 spiro atoms. The van der Waals surface area contributed by atoms with Gasteiger partial charge in [-0.15, -0.1) is 0 Å². The molecule has 8 heteroatoms. The predicted octanol–water partition coefficient (Wildman–Crippen LogP) is -1.34. The Kier molecular flexibility index (Phi) is 2.21. The van der Waals surface area contributed by atoms with Gasteiger partial charge in [0, 0.05) is 0 Å². The molecule has 3 heterocycles. The van der Waals surface area contributed by atoms with Crippen molar-refractivity contribution in [2.24, 2.45) is 0 Å². The van der Waals surface area contributed by atoms with Gasteiger partial charge in [-0.2, -0.15) is 0 Å². The minimum absolute atomic E-state index is 0.0755. The van der Waals surface area contributed by atoms with Crippen molar-refractivity contribution < 1.29 is 14.9 Å². The number of anilines is 1. The molecule has 8 nitrogen and oxygen atoms in total. The van der Waals surface area contributed by atoms with Gasteiger partial charge in [-0.25, -0.2) is 15.0 Å². The molecule has 90 valence electrons. The van der Waals surface area contributed by atoms with Gasteiger partial charge in [0.1, 0.15) is 24.1 Å². The van der Waals surface area contributed by atoms with Crippen LogP contribution in [0.2, 0.25) is 0 Å². The first-order valence-electron chi connectivity index (χ1n) is 5.09. The van der Waals surface area contributed by atoms with Crippen LogP contribution in [0.25, 0.3) is 11.2 Å². The standard InChI is InChI=1S/C9H11N5O3/c10-7-5-8(12-2-11-7)14(3-13-5)9-6(16)4(15)1-17-9/h2-4,6,9,15-16H,1H2,(H2,10,11,12)/t4-,6-,9+/m1/s1. The maximum atomic E-state index is 9.76. The van der Waals surface area contributed by atoms with Gasteiger partial charge in [-0.1, -0.05) is 0 Å². The highest BCUT2D eigenvalue weighted by Gasteiger charge is 2.36. The summed E-state index contributed by atoms with van der Waals surface area (Å²) in [6.45, 7) is 0.0755. The Labute approximate surface area is 95.7 Å². The zero-order valence-electron chi connectivity index (χ0n) is 8.76. The number of fused-ring (bicyclic) bond motifs is 1. The van der Waals surface area contributed by atoms with Crippen LogP contribution in [0.5, 0.6) is 0 Å². The van der Waals surface area contributed by atoms with E-state index in [0.717, 1.165) is 0 Å². The third kappa shape index (κ3) is 1.46. The SMILES string of the molecule is Nc1ncnc2c1ncn2[C@H]1OC[C@@H](O)[C@H]1O. The number of aliphatic hydroxyl groups excluding tert-OH is 2. The van der Waals surface area contributed by atoms with Crippen LogP contribution in [0.3, 0.4) is 0 Å². The van der Waals surface area contributed by atoms with Crippen molar-refractivity contribution in [1.29, 1.82) is 0 Å². The first kappa shape index (κ1) is 10.4. The molecule has 0 aromatic carbocycles. The second kappa shape index (κ2) is 3.62. The van der Waals surface area contributed by atoms with Gasteiger partial charge in [0.25, 0.3) is 0 Å². The van der Waals surface area contributed by atoms with Crippen LogP contribution >= 0.6 is 0 Å². The summed E-state index contributed by atoms with van der Waals surface area (Å²) in [5.74, 6) is 0.266. The van der Waals surface area contributed by atoms with Crippen molar-refractivity contribution in [3.05, 3.63) is 12.7 Å². The molecule has 0 bridgehead atoms. The summed E-state index contributed by atoms with van der Waals surface area (Å²) in [4.78, 5) is 11.9. The summed E-state index contributed by atoms with van der Waals surface area (Å²) in [5.41, 5.74) is 6.57. The lowest BCUT2D eigenvalue weighted by Crippen LogP contribution is -2.28. The lowest BCUT2D eigenvalue weighted by atomic mass is 10.2. The molecular formula is C9H11N5O3. The topological polar surface area (TPSA) is 119 Å². The second-order valence-corrected chi connectivity index (χ2v) is 3.86. The van der Waals surface area contributed by atoms with E-state index in [1.807, 2.05) is 0 Å². The van der Waals surface area contributed by atoms with Crippen LogP contribution in [-0.4, -0.2) is 48.5 Å². The number of nitrogens with two attached hydrogens (primary N) is 1. The van der Waals surface area contributed by atoms with E-state index < -0.39 is 18.4 Å². The van der Waals surface area contributed by atoms with Gasteiger partial charge in [0.2, 0.25) is 0 Å². The van der Waals surface area contributed by atoms with Crippen molar-refractivity contribution in [1.82, 2.24) is 19.5 Å². The summed E-state index contributed by atoms with van der Waals surface area (Å²) < 4.78 is 6.83. The van der Waals surface area contributed by atoms with E-state index in [1.54, 1.807) is 0 Å². The molecule has 4 N–H and O–H groups in total. The molecule has 1 aliphatic heterocycles. The number of imidazole rings is 1. The van der Waals surface area contributed by atoms with Crippen molar-refractivity contribution in [2.45, 2.75) is 18.4 Å². The maximum Gasteiger partial charge on any atom is 0.167 e. The average molecular weight is 237 g/mol. The first-order valence-corrected chi connectivity index (χ1v) is 5.09. The normalized spacial score (nSPS) is 28.9. The summed E-state index contributed by atoms with van der Waals surface area (Å²) in [7, 11) is 0.